The van der Waals surface area contributed by atoms with Crippen molar-refractivity contribution in [2.45, 2.75) is 24.9 Å². The molecule has 7 nitrogen and oxygen atoms in total. The Labute approximate surface area is 203 Å². The number of nitrogens with zero attached hydrogens (tertiary/aromatic N) is 1. The first-order chi connectivity index (χ1) is 16.6. The number of H-pyrrole nitrogens is 1. The van der Waals surface area contributed by atoms with Crippen LogP contribution < -0.4 is 9.64 Å². The summed E-state index contributed by atoms with van der Waals surface area (Å²) in [5.74, 6) is -1.91. The van der Waals surface area contributed by atoms with Crippen molar-refractivity contribution in [3.63, 3.8) is 0 Å². The van der Waals surface area contributed by atoms with Crippen LogP contribution in [0.25, 0.3) is 10.9 Å². The number of aryl methyl sites for hydroxylation is 1. The molecule has 4 rings (SSSR count). The molecule has 0 fully saturated rings. The van der Waals surface area contributed by atoms with Crippen molar-refractivity contribution in [2.24, 2.45) is 0 Å². The number of carbonyl (C=O) groups is 2. The van der Waals surface area contributed by atoms with E-state index in [1.54, 1.807) is 19.2 Å². The molecule has 0 spiro atoms. The third kappa shape index (κ3) is 4.38. The Balaban J connectivity index is 1.77. The second kappa shape index (κ2) is 9.33. The van der Waals surface area contributed by atoms with E-state index in [4.69, 9.17) is 16.3 Å². The molecular formula is C24H22ClF3N2O5. The quantitative estimate of drug-likeness (QED) is 0.360. The van der Waals surface area contributed by atoms with Gasteiger partial charge in [-0.3, -0.25) is 4.79 Å². The van der Waals surface area contributed by atoms with E-state index in [1.165, 1.54) is 11.0 Å². The molecule has 186 valence electrons. The minimum Gasteiger partial charge on any atom is -0.506 e. The summed E-state index contributed by atoms with van der Waals surface area (Å²) in [6, 6.07) is 8.46. The zero-order valence-electron chi connectivity index (χ0n) is 18.8. The number of aromatic nitrogens is 1. The molecule has 0 aliphatic carbocycles. The Morgan fingerprint density at radius 2 is 1.91 bits per heavy atom. The first-order valence-corrected chi connectivity index (χ1v) is 11.2. The number of aromatic hydroxyl groups is 1. The Morgan fingerprint density at radius 3 is 2.49 bits per heavy atom. The smallest absolute Gasteiger partial charge is 0.432 e. The molecule has 1 aromatic heterocycles. The summed E-state index contributed by atoms with van der Waals surface area (Å²) in [6.45, 7) is 0.103. The van der Waals surface area contributed by atoms with E-state index < -0.39 is 35.1 Å². The zero-order chi connectivity index (χ0) is 25.5. The lowest BCUT2D eigenvalue weighted by molar-refractivity contribution is -0.141. The van der Waals surface area contributed by atoms with Gasteiger partial charge < -0.3 is 24.5 Å². The third-order valence-electron chi connectivity index (χ3n) is 6.12. The van der Waals surface area contributed by atoms with Crippen molar-refractivity contribution in [2.75, 3.05) is 31.5 Å². The molecule has 3 aromatic rings. The van der Waals surface area contributed by atoms with Crippen molar-refractivity contribution in [1.29, 1.82) is 0 Å². The number of alkyl halides is 4. The summed E-state index contributed by atoms with van der Waals surface area (Å²) in [5, 5.41) is 10.4. The highest BCUT2D eigenvalue weighted by Crippen LogP contribution is 2.49. The van der Waals surface area contributed by atoms with Gasteiger partial charge in [0.2, 0.25) is 5.91 Å². The van der Waals surface area contributed by atoms with E-state index in [1.807, 2.05) is 12.1 Å². The van der Waals surface area contributed by atoms with Crippen LogP contribution >= 0.6 is 11.6 Å². The van der Waals surface area contributed by atoms with Gasteiger partial charge in [-0.15, -0.1) is 11.6 Å². The van der Waals surface area contributed by atoms with Gasteiger partial charge in [0.15, 0.2) is 0 Å². The molecule has 0 bridgehead atoms. The van der Waals surface area contributed by atoms with Crippen molar-refractivity contribution in [3.05, 3.63) is 52.7 Å². The lowest BCUT2D eigenvalue weighted by Gasteiger charge is -2.18. The minimum atomic E-state index is -4.91. The fourth-order valence-electron chi connectivity index (χ4n) is 4.47. The minimum absolute atomic E-state index is 0.0116. The Hall–Kier alpha value is -3.40. The molecule has 0 saturated heterocycles. The SMILES string of the molecule is COC(=O)c1c(C(F)(F)F)[nH]c2c(O)cc3c(c12)[C@H](CCl)CN3C(=O)CCc1ccc(OC)cc1. The molecule has 2 aromatic carbocycles. The number of amides is 1. The number of phenols is 1. The normalized spacial score (nSPS) is 15.4. The standard InChI is InChI=1S/C24H22ClF3N2O5/c1-34-14-6-3-12(4-7-14)5-8-17(32)30-11-13(10-25)18-15(30)9-16(31)21-19(18)20(23(33)35-2)22(29-21)24(26,27)28/h3-4,6-7,9,13,29,31H,5,8,10-11H2,1-2H3/t13-/m1/s1. The van der Waals surface area contributed by atoms with Crippen molar-refractivity contribution >= 4 is 40.1 Å². The molecule has 2 N–H and O–H groups in total. The highest BCUT2D eigenvalue weighted by Gasteiger charge is 2.43. The van der Waals surface area contributed by atoms with Crippen molar-refractivity contribution < 1.29 is 37.3 Å². The average molecular weight is 511 g/mol. The number of anilines is 1. The highest BCUT2D eigenvalue weighted by atomic mass is 35.5. The number of fused-ring (bicyclic) bond motifs is 3. The number of phenolic OH excluding ortho intramolecular Hbond substituents is 1. The van der Waals surface area contributed by atoms with Gasteiger partial charge in [-0.1, -0.05) is 12.1 Å². The molecule has 0 unspecified atom stereocenters. The number of halogens is 4. The first kappa shape index (κ1) is 24.7. The number of carbonyl (C=O) groups excluding carboxylic acids is 2. The van der Waals surface area contributed by atoms with Crippen LogP contribution in [0.15, 0.2) is 30.3 Å². The Morgan fingerprint density at radius 1 is 1.23 bits per heavy atom. The summed E-state index contributed by atoms with van der Waals surface area (Å²) >= 11 is 6.15. The molecule has 2 heterocycles. The first-order valence-electron chi connectivity index (χ1n) is 10.7. The van der Waals surface area contributed by atoms with Gasteiger partial charge in [-0.2, -0.15) is 13.2 Å². The van der Waals surface area contributed by atoms with Gasteiger partial charge in [0.1, 0.15) is 17.2 Å². The Kier molecular flexibility index (Phi) is 6.59. The van der Waals surface area contributed by atoms with Crippen LogP contribution in [0.3, 0.4) is 0 Å². The number of methoxy groups -OCH3 is 2. The van der Waals surface area contributed by atoms with Crippen LogP contribution in [0.4, 0.5) is 18.9 Å². The number of esters is 1. The number of ether oxygens (including phenoxy) is 2. The maximum absolute atomic E-state index is 13.7. The molecule has 1 aliphatic heterocycles. The number of nitrogens with one attached hydrogen (secondary N) is 1. The van der Waals surface area contributed by atoms with Gasteiger partial charge in [0.05, 0.1) is 31.0 Å². The van der Waals surface area contributed by atoms with E-state index >= 15 is 0 Å². The monoisotopic (exact) mass is 510 g/mol. The number of benzene rings is 2. The van der Waals surface area contributed by atoms with Gasteiger partial charge in [-0.25, -0.2) is 4.79 Å². The number of hydrogen-bond acceptors (Lipinski definition) is 5. The van der Waals surface area contributed by atoms with Gasteiger partial charge in [0.25, 0.3) is 0 Å². The van der Waals surface area contributed by atoms with Crippen LogP contribution in [-0.2, 0) is 22.1 Å². The summed E-state index contributed by atoms with van der Waals surface area (Å²) in [7, 11) is 2.52. The van der Waals surface area contributed by atoms with Crippen LogP contribution in [0.1, 0.15) is 39.5 Å². The molecule has 35 heavy (non-hydrogen) atoms. The van der Waals surface area contributed by atoms with Crippen molar-refractivity contribution in [1.82, 2.24) is 4.98 Å². The summed E-state index contributed by atoms with van der Waals surface area (Å²) in [5.41, 5.74) is -0.931. The third-order valence-corrected chi connectivity index (χ3v) is 6.50. The fraction of sp³-hybridized carbons (Fsp3) is 0.333. The van der Waals surface area contributed by atoms with E-state index in [0.717, 1.165) is 12.7 Å². The predicted molar refractivity (Wildman–Crippen MR) is 123 cm³/mol. The molecule has 1 amide bonds. The van der Waals surface area contributed by atoms with Crippen LogP contribution in [0.2, 0.25) is 0 Å². The van der Waals surface area contributed by atoms with E-state index in [9.17, 15) is 27.9 Å². The second-order valence-electron chi connectivity index (χ2n) is 8.15. The van der Waals surface area contributed by atoms with Gasteiger partial charge in [0, 0.05) is 36.2 Å². The second-order valence-corrected chi connectivity index (χ2v) is 8.46. The maximum atomic E-state index is 13.7. The largest absolute Gasteiger partial charge is 0.506 e. The summed E-state index contributed by atoms with van der Waals surface area (Å²) in [6.07, 6.45) is -4.38. The van der Waals surface area contributed by atoms with Crippen molar-refractivity contribution in [3.8, 4) is 11.5 Å². The van der Waals surface area contributed by atoms with Crippen LogP contribution in [-0.4, -0.2) is 48.6 Å². The van der Waals surface area contributed by atoms with Crippen LogP contribution in [0, 0.1) is 0 Å². The van der Waals surface area contributed by atoms with E-state index in [0.29, 0.717) is 12.2 Å². The van der Waals surface area contributed by atoms with E-state index in [-0.39, 0.29) is 46.9 Å². The Bertz CT molecular complexity index is 1290. The number of rotatable bonds is 6. The summed E-state index contributed by atoms with van der Waals surface area (Å²) < 4.78 is 51.0. The molecule has 0 saturated carbocycles. The molecule has 1 atom stereocenters. The number of aromatic amines is 1. The summed E-state index contributed by atoms with van der Waals surface area (Å²) in [4.78, 5) is 29.1. The average Bonchev–Trinajstić information content (AvgIpc) is 3.41. The van der Waals surface area contributed by atoms with Gasteiger partial charge in [-0.05, 0) is 29.7 Å². The highest BCUT2D eigenvalue weighted by molar-refractivity contribution is 6.19. The van der Waals surface area contributed by atoms with Gasteiger partial charge >= 0.3 is 12.1 Å². The zero-order valence-corrected chi connectivity index (χ0v) is 19.6. The molecule has 11 heteroatoms. The molecule has 0 radical (unpaired) electrons. The lowest BCUT2D eigenvalue weighted by atomic mass is 9.95. The molecule has 1 aliphatic rings. The molecular weight excluding hydrogens is 489 g/mol. The topological polar surface area (TPSA) is 91.9 Å². The predicted octanol–water partition coefficient (Wildman–Crippen LogP) is 4.99. The number of hydrogen-bond donors (Lipinski definition) is 2. The lowest BCUT2D eigenvalue weighted by Crippen LogP contribution is -2.30. The van der Waals surface area contributed by atoms with Crippen LogP contribution in [0.5, 0.6) is 11.5 Å². The maximum Gasteiger partial charge on any atom is 0.432 e. The fourth-order valence-corrected chi connectivity index (χ4v) is 4.73. The van der Waals surface area contributed by atoms with E-state index in [2.05, 4.69) is 9.72 Å².